The maximum absolute atomic E-state index is 12.2. The normalized spacial score (nSPS) is 22.8. The maximum Gasteiger partial charge on any atom is 0.252 e. The Morgan fingerprint density at radius 1 is 1.62 bits per heavy atom. The summed E-state index contributed by atoms with van der Waals surface area (Å²) in [7, 11) is -3.33. The lowest BCUT2D eigenvalue weighted by Gasteiger charge is -2.13. The molecular formula is C9H13BrN2O2S2. The number of thiophene rings is 1. The molecule has 0 aliphatic carbocycles. The molecule has 1 aromatic rings. The Bertz CT molecular complexity index is 478. The molecule has 2 N–H and O–H groups in total. The molecule has 1 saturated heterocycles. The zero-order valence-corrected chi connectivity index (χ0v) is 12.0. The van der Waals surface area contributed by atoms with E-state index < -0.39 is 10.0 Å². The molecule has 0 amide bonds. The first kappa shape index (κ1) is 12.5. The lowest BCUT2D eigenvalue weighted by molar-refractivity contribution is 0.474. The molecule has 2 rings (SSSR count). The summed E-state index contributed by atoms with van der Waals surface area (Å²) in [5, 5.41) is 0. The highest BCUT2D eigenvalue weighted by molar-refractivity contribution is 9.11. The van der Waals surface area contributed by atoms with Crippen LogP contribution in [0.2, 0.25) is 0 Å². The third kappa shape index (κ3) is 2.19. The molecule has 16 heavy (non-hydrogen) atoms. The number of sulfonamides is 1. The molecule has 2 heterocycles. The van der Waals surface area contributed by atoms with Crippen molar-refractivity contribution in [1.29, 1.82) is 0 Å². The largest absolute Gasteiger partial charge is 0.326 e. The van der Waals surface area contributed by atoms with Gasteiger partial charge in [0.2, 0.25) is 0 Å². The molecule has 0 bridgehead atoms. The fourth-order valence-electron chi connectivity index (χ4n) is 1.66. The second-order valence-electron chi connectivity index (χ2n) is 3.93. The highest BCUT2D eigenvalue weighted by Crippen LogP contribution is 2.33. The van der Waals surface area contributed by atoms with Gasteiger partial charge in [-0.3, -0.25) is 0 Å². The van der Waals surface area contributed by atoms with Crippen LogP contribution < -0.4 is 5.73 Å². The first-order valence-electron chi connectivity index (χ1n) is 4.93. The fourth-order valence-corrected chi connectivity index (χ4v) is 5.55. The summed E-state index contributed by atoms with van der Waals surface area (Å²) in [6.45, 7) is 2.84. The molecule has 1 aromatic heterocycles. The van der Waals surface area contributed by atoms with Crippen LogP contribution in [0.5, 0.6) is 0 Å². The fraction of sp³-hybridized carbons (Fsp3) is 0.556. The van der Waals surface area contributed by atoms with Gasteiger partial charge in [-0.1, -0.05) is 0 Å². The predicted molar refractivity (Wildman–Crippen MR) is 68.1 cm³/mol. The Hall–Kier alpha value is 0.0500. The van der Waals surface area contributed by atoms with Crippen LogP contribution in [0.1, 0.15) is 12.0 Å². The molecule has 90 valence electrons. The second kappa shape index (κ2) is 4.38. The molecule has 4 nitrogen and oxygen atoms in total. The second-order valence-corrected chi connectivity index (χ2v) is 8.47. The van der Waals surface area contributed by atoms with Crippen LogP contribution in [0, 0.1) is 6.92 Å². The quantitative estimate of drug-likeness (QED) is 0.897. The number of hydrogen-bond donors (Lipinski definition) is 1. The van der Waals surface area contributed by atoms with Gasteiger partial charge in [0.1, 0.15) is 4.21 Å². The van der Waals surface area contributed by atoms with Gasteiger partial charge in [0.25, 0.3) is 10.0 Å². The molecule has 0 radical (unpaired) electrons. The highest BCUT2D eigenvalue weighted by Gasteiger charge is 2.32. The van der Waals surface area contributed by atoms with Gasteiger partial charge in [0.15, 0.2) is 0 Å². The van der Waals surface area contributed by atoms with Gasteiger partial charge >= 0.3 is 0 Å². The predicted octanol–water partition coefficient (Wildman–Crippen LogP) is 1.54. The molecule has 1 aliphatic heterocycles. The van der Waals surface area contributed by atoms with Crippen molar-refractivity contribution >= 4 is 37.3 Å². The summed E-state index contributed by atoms with van der Waals surface area (Å²) in [5.41, 5.74) is 6.67. The summed E-state index contributed by atoms with van der Waals surface area (Å²) < 4.78 is 27.1. The van der Waals surface area contributed by atoms with Gasteiger partial charge in [0.05, 0.1) is 3.79 Å². The molecule has 1 aliphatic rings. The van der Waals surface area contributed by atoms with Gasteiger partial charge < -0.3 is 5.73 Å². The number of nitrogens with two attached hydrogens (primary N) is 1. The highest BCUT2D eigenvalue weighted by atomic mass is 79.9. The third-order valence-electron chi connectivity index (χ3n) is 2.62. The van der Waals surface area contributed by atoms with E-state index in [1.807, 2.05) is 6.92 Å². The summed E-state index contributed by atoms with van der Waals surface area (Å²) >= 11 is 4.60. The lowest BCUT2D eigenvalue weighted by atomic mass is 10.3. The first-order valence-corrected chi connectivity index (χ1v) is 7.98. The van der Waals surface area contributed by atoms with Gasteiger partial charge in [-0.2, -0.15) is 4.31 Å². The van der Waals surface area contributed by atoms with E-state index in [1.165, 1.54) is 15.6 Å². The van der Waals surface area contributed by atoms with E-state index in [2.05, 4.69) is 15.9 Å². The molecule has 1 fully saturated rings. The van der Waals surface area contributed by atoms with Crippen LogP contribution >= 0.6 is 27.3 Å². The van der Waals surface area contributed by atoms with Crippen molar-refractivity contribution in [2.24, 2.45) is 5.73 Å². The molecule has 1 unspecified atom stereocenters. The van der Waals surface area contributed by atoms with Gasteiger partial charge in [-0.15, -0.1) is 11.3 Å². The van der Waals surface area contributed by atoms with E-state index in [0.717, 1.165) is 15.8 Å². The minimum absolute atomic E-state index is 0.0284. The van der Waals surface area contributed by atoms with E-state index in [9.17, 15) is 8.42 Å². The Kier molecular flexibility index (Phi) is 3.42. The van der Waals surface area contributed by atoms with Crippen molar-refractivity contribution in [2.75, 3.05) is 13.1 Å². The van der Waals surface area contributed by atoms with Crippen molar-refractivity contribution in [3.8, 4) is 0 Å². The van der Waals surface area contributed by atoms with Crippen molar-refractivity contribution in [2.45, 2.75) is 23.6 Å². The van der Waals surface area contributed by atoms with Crippen LogP contribution in [-0.2, 0) is 10.0 Å². The van der Waals surface area contributed by atoms with E-state index in [4.69, 9.17) is 5.73 Å². The Balaban J connectivity index is 2.32. The summed E-state index contributed by atoms with van der Waals surface area (Å²) in [6, 6.07) is 1.67. The number of aryl methyl sites for hydroxylation is 1. The zero-order valence-electron chi connectivity index (χ0n) is 8.81. The molecule has 0 spiro atoms. The summed E-state index contributed by atoms with van der Waals surface area (Å²) in [4.78, 5) is 0. The maximum atomic E-state index is 12.2. The molecule has 0 saturated carbocycles. The lowest BCUT2D eigenvalue weighted by Crippen LogP contribution is -2.31. The van der Waals surface area contributed by atoms with E-state index in [0.29, 0.717) is 17.3 Å². The van der Waals surface area contributed by atoms with Crippen molar-refractivity contribution in [3.63, 3.8) is 0 Å². The molecule has 1 atom stereocenters. The first-order chi connectivity index (χ1) is 7.41. The molecule has 7 heteroatoms. The third-order valence-corrected chi connectivity index (χ3v) is 7.07. The topological polar surface area (TPSA) is 63.4 Å². The average molecular weight is 325 g/mol. The van der Waals surface area contributed by atoms with Gasteiger partial charge in [0, 0.05) is 19.1 Å². The van der Waals surface area contributed by atoms with Crippen molar-refractivity contribution in [3.05, 3.63) is 15.4 Å². The minimum Gasteiger partial charge on any atom is -0.326 e. The Morgan fingerprint density at radius 3 is 2.75 bits per heavy atom. The molecular weight excluding hydrogens is 312 g/mol. The van der Waals surface area contributed by atoms with Crippen molar-refractivity contribution in [1.82, 2.24) is 4.31 Å². The van der Waals surface area contributed by atoms with Crippen molar-refractivity contribution < 1.29 is 8.42 Å². The van der Waals surface area contributed by atoms with Gasteiger partial charge in [-0.25, -0.2) is 8.42 Å². The standard InChI is InChI=1S/C9H13BrN2O2S2/c1-6-4-8(15-9(6)10)16(13,14)12-3-2-7(11)5-12/h4,7H,2-3,5,11H2,1H3. The smallest absolute Gasteiger partial charge is 0.252 e. The van der Waals surface area contributed by atoms with Crippen LogP contribution in [0.3, 0.4) is 0 Å². The number of rotatable bonds is 2. The van der Waals surface area contributed by atoms with Crippen LogP contribution in [0.25, 0.3) is 0 Å². The SMILES string of the molecule is Cc1cc(S(=O)(=O)N2CCC(N)C2)sc1Br. The van der Waals surface area contributed by atoms with Crippen LogP contribution in [0.15, 0.2) is 14.1 Å². The Labute approximate surface area is 108 Å². The van der Waals surface area contributed by atoms with E-state index >= 15 is 0 Å². The van der Waals surface area contributed by atoms with Crippen LogP contribution in [-0.4, -0.2) is 31.9 Å². The summed E-state index contributed by atoms with van der Waals surface area (Å²) in [5.74, 6) is 0. The summed E-state index contributed by atoms with van der Waals surface area (Å²) in [6.07, 6.45) is 0.741. The number of hydrogen-bond acceptors (Lipinski definition) is 4. The van der Waals surface area contributed by atoms with E-state index in [1.54, 1.807) is 6.07 Å². The zero-order chi connectivity index (χ0) is 11.9. The molecule has 0 aromatic carbocycles. The number of halogens is 1. The Morgan fingerprint density at radius 2 is 2.31 bits per heavy atom. The van der Waals surface area contributed by atoms with Gasteiger partial charge in [-0.05, 0) is 40.9 Å². The number of nitrogens with zero attached hydrogens (tertiary/aromatic N) is 1. The van der Waals surface area contributed by atoms with E-state index in [-0.39, 0.29) is 6.04 Å². The van der Waals surface area contributed by atoms with Crippen LogP contribution in [0.4, 0.5) is 0 Å². The average Bonchev–Trinajstić information content (AvgIpc) is 2.75. The minimum atomic E-state index is -3.33. The monoisotopic (exact) mass is 324 g/mol.